The van der Waals surface area contributed by atoms with Crippen LogP contribution in [0.25, 0.3) is 52.4 Å². The highest BCUT2D eigenvalue weighted by atomic mass is 32.1. The average Bonchev–Trinajstić information content (AvgIpc) is 3.54. The lowest BCUT2D eigenvalue weighted by Gasteiger charge is -1.98. The van der Waals surface area contributed by atoms with Crippen LogP contribution in [-0.2, 0) is 0 Å². The van der Waals surface area contributed by atoms with Crippen molar-refractivity contribution in [2.75, 3.05) is 0 Å². The van der Waals surface area contributed by atoms with E-state index in [9.17, 15) is 0 Å². The molecule has 0 saturated carbocycles. The average molecular weight is 507 g/mol. The normalized spacial score (nSPS) is 9.67. The highest BCUT2D eigenvalue weighted by molar-refractivity contribution is 7.22. The highest BCUT2D eigenvalue weighted by Gasteiger charge is 1.99. The molecule has 0 aliphatic rings. The quantitative estimate of drug-likeness (QED) is 0.135. The van der Waals surface area contributed by atoms with Crippen molar-refractivity contribution in [3.63, 3.8) is 0 Å². The van der Waals surface area contributed by atoms with Crippen LogP contribution in [0.1, 0.15) is 0 Å². The number of azide groups is 2. The van der Waals surface area contributed by atoms with Gasteiger partial charge in [0.25, 0.3) is 0 Å². The Morgan fingerprint density at radius 3 is 1.22 bits per heavy atom. The summed E-state index contributed by atoms with van der Waals surface area (Å²) < 4.78 is 2.08. The maximum atomic E-state index is 8.17. The van der Waals surface area contributed by atoms with E-state index in [1.165, 1.54) is 33.8 Å². The second-order valence-corrected chi connectivity index (χ2v) is 9.06. The van der Waals surface area contributed by atoms with E-state index in [2.05, 4.69) is 78.6 Å². The van der Waals surface area contributed by atoms with E-state index in [0.29, 0.717) is 10.3 Å². The molecule has 2 heterocycles. The second kappa shape index (κ2) is 12.7. The molecule has 174 valence electrons. The first-order chi connectivity index (χ1) is 17.8. The van der Waals surface area contributed by atoms with Gasteiger partial charge in [0.1, 0.15) is 0 Å². The number of fused-ring (bicyclic) bond motifs is 2. The maximum absolute atomic E-state index is 8.17. The highest BCUT2D eigenvalue weighted by Crippen LogP contribution is 2.28. The van der Waals surface area contributed by atoms with E-state index < -0.39 is 0 Å². The molecule has 0 saturated heterocycles. The summed E-state index contributed by atoms with van der Waals surface area (Å²) in [6.45, 7) is 0. The summed E-state index contributed by atoms with van der Waals surface area (Å²) in [5, 5.41) is 7.81. The van der Waals surface area contributed by atoms with Crippen LogP contribution in [0.5, 0.6) is 0 Å². The molecule has 0 aliphatic heterocycles. The van der Waals surface area contributed by atoms with Crippen LogP contribution in [0.2, 0.25) is 0 Å². The lowest BCUT2D eigenvalue weighted by Crippen LogP contribution is -1.73. The third kappa shape index (κ3) is 6.66. The number of rotatable bonds is 3. The zero-order valence-corrected chi connectivity index (χ0v) is 20.4. The first kappa shape index (κ1) is 24.4. The summed E-state index contributed by atoms with van der Waals surface area (Å²) in [7, 11) is 0. The molecule has 6 aromatic rings. The first-order valence-corrected chi connectivity index (χ1v) is 12.3. The maximum Gasteiger partial charge on any atom is 0.181 e. The summed E-state index contributed by atoms with van der Waals surface area (Å²) in [6, 6.07) is 36.1. The van der Waals surface area contributed by atoms with E-state index in [1.807, 2.05) is 60.7 Å². The summed E-state index contributed by atoms with van der Waals surface area (Å²) >= 11 is 2.78. The van der Waals surface area contributed by atoms with Crippen LogP contribution in [0.3, 0.4) is 0 Å². The van der Waals surface area contributed by atoms with E-state index in [1.54, 1.807) is 0 Å². The van der Waals surface area contributed by atoms with E-state index in [-0.39, 0.29) is 0 Å². The predicted octanol–water partition coefficient (Wildman–Crippen LogP) is 9.83. The number of nitrogens with zero attached hydrogens (tertiary/aromatic N) is 8. The van der Waals surface area contributed by atoms with Crippen molar-refractivity contribution < 1.29 is 0 Å². The van der Waals surface area contributed by atoms with Gasteiger partial charge in [-0.3, -0.25) is 0 Å². The van der Waals surface area contributed by atoms with Gasteiger partial charge in [-0.25, -0.2) is 9.97 Å². The molecule has 2 aromatic heterocycles. The van der Waals surface area contributed by atoms with Crippen molar-refractivity contribution in [3.8, 4) is 11.1 Å². The van der Waals surface area contributed by atoms with Crippen molar-refractivity contribution in [1.29, 1.82) is 0 Å². The van der Waals surface area contributed by atoms with Crippen molar-refractivity contribution in [3.05, 3.63) is 130 Å². The van der Waals surface area contributed by atoms with Crippen LogP contribution >= 0.6 is 22.7 Å². The molecule has 0 bridgehead atoms. The molecule has 0 fully saturated rings. The Labute approximate surface area is 214 Å². The van der Waals surface area contributed by atoms with Gasteiger partial charge in [0.05, 0.1) is 20.4 Å². The Hall–Kier alpha value is -4.72. The van der Waals surface area contributed by atoms with Gasteiger partial charge in [-0.15, -0.1) is 22.7 Å². The minimum absolute atomic E-state index is 0.471. The molecule has 0 amide bonds. The molecule has 36 heavy (non-hydrogen) atoms. The van der Waals surface area contributed by atoms with Crippen LogP contribution < -0.4 is 0 Å². The Morgan fingerprint density at radius 1 is 0.500 bits per heavy atom. The number of aromatic nitrogens is 2. The summed E-state index contributed by atoms with van der Waals surface area (Å²) in [4.78, 5) is 13.5. The van der Waals surface area contributed by atoms with Crippen molar-refractivity contribution in [1.82, 2.24) is 9.97 Å². The number of benzene rings is 4. The summed E-state index contributed by atoms with van der Waals surface area (Å²) in [5.41, 5.74) is 20.7. The summed E-state index contributed by atoms with van der Waals surface area (Å²) in [6.07, 6.45) is 0. The van der Waals surface area contributed by atoms with Gasteiger partial charge in [-0.2, -0.15) is 0 Å². The zero-order valence-electron chi connectivity index (χ0n) is 18.8. The Balaban J connectivity index is 0.000000127. The molecule has 4 aromatic carbocycles. The van der Waals surface area contributed by atoms with Gasteiger partial charge in [-0.05, 0) is 56.7 Å². The standard InChI is InChI=1S/C12H10.2C7H4N4S/c1-3-7-11(8-4-1)12-9-5-2-6-10-12;2*8-11-10-7-9-5-3-1-2-4-6(5)12-7/h1-10H;2*1-4H. The molecule has 8 nitrogen and oxygen atoms in total. The first-order valence-electron chi connectivity index (χ1n) is 10.7. The molecule has 10 heteroatoms. The van der Waals surface area contributed by atoms with E-state index in [4.69, 9.17) is 11.1 Å². The molecule has 0 radical (unpaired) electrons. The predicted molar refractivity (Wildman–Crippen MR) is 149 cm³/mol. The van der Waals surface area contributed by atoms with Crippen molar-refractivity contribution >= 4 is 53.4 Å². The fourth-order valence-corrected chi connectivity index (χ4v) is 4.71. The molecule has 0 spiro atoms. The fraction of sp³-hybridized carbons (Fsp3) is 0. The third-order valence-corrected chi connectivity index (χ3v) is 6.55. The molecular weight excluding hydrogens is 488 g/mol. The smallest absolute Gasteiger partial charge is 0.181 e. The largest absolute Gasteiger partial charge is 0.235 e. The molecule has 0 atom stereocenters. The van der Waals surface area contributed by atoms with Gasteiger partial charge < -0.3 is 0 Å². The van der Waals surface area contributed by atoms with Crippen molar-refractivity contribution in [2.24, 2.45) is 10.2 Å². The molecule has 0 N–H and O–H groups in total. The van der Waals surface area contributed by atoms with Crippen LogP contribution in [0.15, 0.2) is 119 Å². The summed E-state index contributed by atoms with van der Waals surface area (Å²) in [5.74, 6) is 0. The van der Waals surface area contributed by atoms with Gasteiger partial charge in [0.15, 0.2) is 10.3 Å². The van der Waals surface area contributed by atoms with Gasteiger partial charge in [-0.1, -0.05) is 84.9 Å². The third-order valence-electron chi connectivity index (χ3n) is 4.71. The molecular formula is C26H18N8S2. The molecule has 0 aliphatic carbocycles. The fourth-order valence-electron chi connectivity index (χ4n) is 3.14. The second-order valence-electron chi connectivity index (χ2n) is 7.04. The van der Waals surface area contributed by atoms with Gasteiger partial charge >= 0.3 is 0 Å². The van der Waals surface area contributed by atoms with Crippen LogP contribution in [-0.4, -0.2) is 9.97 Å². The van der Waals surface area contributed by atoms with Crippen LogP contribution in [0.4, 0.5) is 10.3 Å². The minimum atomic E-state index is 0.471. The molecule has 0 unspecified atom stereocenters. The number of hydrogen-bond acceptors (Lipinski definition) is 6. The lowest BCUT2D eigenvalue weighted by molar-refractivity contribution is 1.38. The van der Waals surface area contributed by atoms with Gasteiger partial charge in [0.2, 0.25) is 0 Å². The number of hydrogen-bond donors (Lipinski definition) is 0. The topological polar surface area (TPSA) is 123 Å². The lowest BCUT2D eigenvalue weighted by atomic mass is 10.1. The Bertz CT molecular complexity index is 1460. The Morgan fingerprint density at radius 2 is 0.861 bits per heavy atom. The van der Waals surface area contributed by atoms with E-state index in [0.717, 1.165) is 20.4 Å². The molecule has 6 rings (SSSR count). The SMILES string of the molecule is [N-]=[N+]=Nc1nc2ccccc2s1.[N-]=[N+]=Nc1nc2ccccc2s1.c1ccc(-c2ccccc2)cc1. The monoisotopic (exact) mass is 506 g/mol. The van der Waals surface area contributed by atoms with Crippen LogP contribution in [0, 0.1) is 0 Å². The number of thiazole rings is 2. The van der Waals surface area contributed by atoms with Crippen molar-refractivity contribution in [2.45, 2.75) is 0 Å². The van der Waals surface area contributed by atoms with E-state index >= 15 is 0 Å². The zero-order chi connectivity index (χ0) is 25.0. The Kier molecular flexibility index (Phi) is 8.58. The minimum Gasteiger partial charge on any atom is -0.235 e. The van der Waals surface area contributed by atoms with Gasteiger partial charge in [0, 0.05) is 9.82 Å². The number of para-hydroxylation sites is 2.